The van der Waals surface area contributed by atoms with Crippen LogP contribution in [0.5, 0.6) is 0 Å². The predicted molar refractivity (Wildman–Crippen MR) is 78.1 cm³/mol. The summed E-state index contributed by atoms with van der Waals surface area (Å²) in [6, 6.07) is 5.55. The molecule has 7 heteroatoms. The maximum absolute atomic E-state index is 12.0. The fraction of sp³-hybridized carbons (Fsp3) is 0.538. The number of nitrogens with one attached hydrogen (secondary N) is 1. The van der Waals surface area contributed by atoms with Crippen molar-refractivity contribution in [2.24, 2.45) is 5.92 Å². The molecule has 0 saturated heterocycles. The molecule has 2 atom stereocenters. The van der Waals surface area contributed by atoms with Crippen LogP contribution >= 0.6 is 0 Å². The van der Waals surface area contributed by atoms with Crippen LogP contribution < -0.4 is 5.32 Å². The summed E-state index contributed by atoms with van der Waals surface area (Å²) in [7, 11) is -1.36. The molecule has 0 fully saturated rings. The van der Waals surface area contributed by atoms with Crippen LogP contribution in [0.1, 0.15) is 13.8 Å². The first-order valence-corrected chi connectivity index (χ1v) is 7.73. The molecule has 1 rings (SSSR count). The van der Waals surface area contributed by atoms with E-state index in [0.29, 0.717) is 17.4 Å². The number of hydrogen-bond donors (Lipinski definition) is 2. The van der Waals surface area contributed by atoms with Gasteiger partial charge in [-0.3, -0.25) is 14.3 Å². The van der Waals surface area contributed by atoms with Gasteiger partial charge in [0, 0.05) is 23.6 Å². The number of non-ortho nitro benzene ring substituents is 1. The van der Waals surface area contributed by atoms with Crippen molar-refractivity contribution in [2.75, 3.05) is 18.8 Å². The van der Waals surface area contributed by atoms with Gasteiger partial charge in [-0.05, 0) is 24.6 Å². The lowest BCUT2D eigenvalue weighted by Gasteiger charge is -2.12. The molecular formula is C13H20N2O4S. The van der Waals surface area contributed by atoms with E-state index in [1.165, 1.54) is 24.3 Å². The molecule has 2 N–H and O–H groups in total. The molecule has 2 unspecified atom stereocenters. The van der Waals surface area contributed by atoms with E-state index < -0.39 is 21.8 Å². The Morgan fingerprint density at radius 3 is 2.40 bits per heavy atom. The molecule has 6 nitrogen and oxygen atoms in total. The highest BCUT2D eigenvalue weighted by Gasteiger charge is 2.13. The second kappa shape index (κ2) is 8.08. The summed E-state index contributed by atoms with van der Waals surface area (Å²) in [6.07, 6.45) is -0.704. The zero-order valence-corrected chi connectivity index (χ0v) is 12.4. The second-order valence-electron chi connectivity index (χ2n) is 4.97. The number of hydrogen-bond acceptors (Lipinski definition) is 5. The SMILES string of the molecule is CC(C)CNCC(O)CS(=O)c1ccc([N+](=O)[O-])cc1. The van der Waals surface area contributed by atoms with E-state index in [1.54, 1.807) is 0 Å². The number of nitro benzene ring substituents is 1. The van der Waals surface area contributed by atoms with Gasteiger partial charge in [0.15, 0.2) is 0 Å². The molecule has 1 aromatic carbocycles. The maximum atomic E-state index is 12.0. The topological polar surface area (TPSA) is 92.5 Å². The zero-order valence-electron chi connectivity index (χ0n) is 11.6. The number of rotatable bonds is 8. The highest BCUT2D eigenvalue weighted by molar-refractivity contribution is 7.85. The molecule has 0 radical (unpaired) electrons. The van der Waals surface area contributed by atoms with Crippen molar-refractivity contribution < 1.29 is 14.2 Å². The molecule has 0 heterocycles. The third-order valence-corrected chi connectivity index (χ3v) is 4.07. The van der Waals surface area contributed by atoms with Gasteiger partial charge in [-0.15, -0.1) is 0 Å². The maximum Gasteiger partial charge on any atom is 0.269 e. The summed E-state index contributed by atoms with van der Waals surface area (Å²) in [5, 5.41) is 23.4. The Hall–Kier alpha value is -1.31. The van der Waals surface area contributed by atoms with Crippen LogP contribution in [-0.2, 0) is 10.8 Å². The molecule has 1 aromatic rings. The summed E-state index contributed by atoms with van der Waals surface area (Å²) < 4.78 is 12.0. The quantitative estimate of drug-likeness (QED) is 0.558. The first kappa shape index (κ1) is 16.7. The molecule has 20 heavy (non-hydrogen) atoms. The highest BCUT2D eigenvalue weighted by Crippen LogP contribution is 2.15. The summed E-state index contributed by atoms with van der Waals surface area (Å²) in [4.78, 5) is 10.5. The Labute approximate surface area is 120 Å². The Morgan fingerprint density at radius 2 is 1.90 bits per heavy atom. The van der Waals surface area contributed by atoms with Gasteiger partial charge >= 0.3 is 0 Å². The number of aliphatic hydroxyl groups excluding tert-OH is 1. The molecule has 0 aliphatic rings. The van der Waals surface area contributed by atoms with Crippen LogP contribution in [0.25, 0.3) is 0 Å². The molecule has 0 bridgehead atoms. The predicted octanol–water partition coefficient (Wildman–Crippen LogP) is 1.31. The highest BCUT2D eigenvalue weighted by atomic mass is 32.2. The lowest BCUT2D eigenvalue weighted by Crippen LogP contribution is -2.32. The lowest BCUT2D eigenvalue weighted by atomic mass is 10.2. The normalized spacial score (nSPS) is 14.2. The molecule has 0 spiro atoms. The van der Waals surface area contributed by atoms with Crippen LogP contribution in [-0.4, -0.2) is 39.2 Å². The number of benzene rings is 1. The number of nitro groups is 1. The van der Waals surface area contributed by atoms with Crippen LogP contribution in [0.2, 0.25) is 0 Å². The van der Waals surface area contributed by atoms with Crippen LogP contribution in [0.15, 0.2) is 29.2 Å². The first-order valence-electron chi connectivity index (χ1n) is 6.41. The standard InChI is InChI=1S/C13H20N2O4S/c1-10(2)7-14-8-12(16)9-20(19)13-5-3-11(4-6-13)15(17)18/h3-6,10,12,14,16H,7-9H2,1-2H3. The van der Waals surface area contributed by atoms with Crippen molar-refractivity contribution in [2.45, 2.75) is 24.8 Å². The number of aliphatic hydroxyl groups is 1. The van der Waals surface area contributed by atoms with Gasteiger partial charge in [-0.25, -0.2) is 0 Å². The molecule has 112 valence electrons. The minimum absolute atomic E-state index is 0.0371. The van der Waals surface area contributed by atoms with Crippen molar-refractivity contribution in [1.29, 1.82) is 0 Å². The minimum atomic E-state index is -1.36. The summed E-state index contributed by atoms with van der Waals surface area (Å²) in [5.74, 6) is 0.602. The van der Waals surface area contributed by atoms with Gasteiger partial charge in [0.25, 0.3) is 5.69 Å². The summed E-state index contributed by atoms with van der Waals surface area (Å²) >= 11 is 0. The lowest BCUT2D eigenvalue weighted by molar-refractivity contribution is -0.384. The number of nitrogens with zero attached hydrogens (tertiary/aromatic N) is 1. The van der Waals surface area contributed by atoms with E-state index in [0.717, 1.165) is 6.54 Å². The van der Waals surface area contributed by atoms with Gasteiger partial charge in [-0.1, -0.05) is 13.8 Å². The van der Waals surface area contributed by atoms with Crippen molar-refractivity contribution in [1.82, 2.24) is 5.32 Å². The Balaban J connectivity index is 2.47. The van der Waals surface area contributed by atoms with Gasteiger partial charge in [0.05, 0.1) is 27.6 Å². The monoisotopic (exact) mass is 300 g/mol. The molecule has 0 amide bonds. The largest absolute Gasteiger partial charge is 0.391 e. The Bertz CT molecular complexity index is 462. The summed E-state index contributed by atoms with van der Waals surface area (Å²) in [5.41, 5.74) is -0.0371. The van der Waals surface area contributed by atoms with Gasteiger partial charge < -0.3 is 10.4 Å². The van der Waals surface area contributed by atoms with Gasteiger partial charge in [-0.2, -0.15) is 0 Å². The Morgan fingerprint density at radius 1 is 1.30 bits per heavy atom. The van der Waals surface area contributed by atoms with E-state index in [1.807, 2.05) is 0 Å². The van der Waals surface area contributed by atoms with Crippen LogP contribution in [0, 0.1) is 16.0 Å². The zero-order chi connectivity index (χ0) is 15.1. The smallest absolute Gasteiger partial charge is 0.269 e. The third kappa shape index (κ3) is 5.77. The fourth-order valence-corrected chi connectivity index (χ4v) is 2.69. The molecule has 0 saturated carbocycles. The van der Waals surface area contributed by atoms with Crippen molar-refractivity contribution in [3.63, 3.8) is 0 Å². The van der Waals surface area contributed by atoms with Crippen molar-refractivity contribution >= 4 is 16.5 Å². The van der Waals surface area contributed by atoms with Gasteiger partial charge in [0.1, 0.15) is 0 Å². The molecule has 0 aliphatic carbocycles. The Kier molecular flexibility index (Phi) is 6.77. The fourth-order valence-electron chi connectivity index (χ4n) is 1.59. The summed E-state index contributed by atoms with van der Waals surface area (Å²) in [6.45, 7) is 5.31. The first-order chi connectivity index (χ1) is 9.40. The van der Waals surface area contributed by atoms with E-state index in [-0.39, 0.29) is 11.4 Å². The third-order valence-electron chi connectivity index (χ3n) is 2.59. The average Bonchev–Trinajstić information content (AvgIpc) is 2.38. The van der Waals surface area contributed by atoms with Gasteiger partial charge in [0.2, 0.25) is 0 Å². The van der Waals surface area contributed by atoms with Crippen LogP contribution in [0.3, 0.4) is 0 Å². The van der Waals surface area contributed by atoms with Crippen molar-refractivity contribution in [3.8, 4) is 0 Å². The van der Waals surface area contributed by atoms with E-state index >= 15 is 0 Å². The van der Waals surface area contributed by atoms with E-state index in [2.05, 4.69) is 19.2 Å². The molecular weight excluding hydrogens is 280 g/mol. The van der Waals surface area contributed by atoms with Crippen molar-refractivity contribution in [3.05, 3.63) is 34.4 Å². The minimum Gasteiger partial charge on any atom is -0.391 e. The van der Waals surface area contributed by atoms with E-state index in [4.69, 9.17) is 0 Å². The van der Waals surface area contributed by atoms with E-state index in [9.17, 15) is 19.4 Å². The molecule has 0 aromatic heterocycles. The van der Waals surface area contributed by atoms with Crippen LogP contribution in [0.4, 0.5) is 5.69 Å². The molecule has 0 aliphatic heterocycles. The average molecular weight is 300 g/mol. The second-order valence-corrected chi connectivity index (χ2v) is 6.46.